The van der Waals surface area contributed by atoms with E-state index in [0.29, 0.717) is 16.6 Å². The number of aryl methyl sites for hydroxylation is 1. The first-order valence-corrected chi connectivity index (χ1v) is 7.33. The summed E-state index contributed by atoms with van der Waals surface area (Å²) in [5.74, 6) is 0. The Morgan fingerprint density at radius 3 is 2.40 bits per heavy atom. The molecule has 2 N–H and O–H groups in total. The molecule has 2 nitrogen and oxygen atoms in total. The molecule has 2 rings (SSSR count). The topological polar surface area (TPSA) is 32.3 Å². The lowest BCUT2D eigenvalue weighted by molar-refractivity contribution is 0.288. The zero-order chi connectivity index (χ0) is 14.4. The van der Waals surface area contributed by atoms with Crippen LogP contribution in [0.3, 0.4) is 0 Å². The van der Waals surface area contributed by atoms with Gasteiger partial charge in [-0.2, -0.15) is 0 Å². The fourth-order valence-electron chi connectivity index (χ4n) is 2.01. The Bertz CT molecular complexity index is 552. The van der Waals surface area contributed by atoms with Crippen molar-refractivity contribution in [2.75, 3.05) is 11.9 Å². The van der Waals surface area contributed by atoms with Crippen LogP contribution in [0.2, 0.25) is 10.0 Å². The summed E-state index contributed by atoms with van der Waals surface area (Å²) in [5.41, 5.74) is 3.13. The molecule has 20 heavy (non-hydrogen) atoms. The molecule has 0 unspecified atom stereocenters. The first-order valence-electron chi connectivity index (χ1n) is 6.57. The number of anilines is 1. The molecule has 0 bridgehead atoms. The van der Waals surface area contributed by atoms with E-state index < -0.39 is 0 Å². The van der Waals surface area contributed by atoms with Gasteiger partial charge in [-0.3, -0.25) is 0 Å². The smallest absolute Gasteiger partial charge is 0.0470 e. The first-order chi connectivity index (χ1) is 9.70. The summed E-state index contributed by atoms with van der Waals surface area (Å²) < 4.78 is 0. The zero-order valence-electron chi connectivity index (χ0n) is 11.1. The highest BCUT2D eigenvalue weighted by Crippen LogP contribution is 2.25. The molecule has 0 heterocycles. The first kappa shape index (κ1) is 15.2. The predicted octanol–water partition coefficient (Wildman–Crippen LogP) is 4.53. The van der Waals surface area contributed by atoms with E-state index in [9.17, 15) is 0 Å². The number of nitrogens with one attached hydrogen (secondary N) is 1. The van der Waals surface area contributed by atoms with Gasteiger partial charge in [0.05, 0.1) is 0 Å². The van der Waals surface area contributed by atoms with Crippen LogP contribution in [-0.2, 0) is 13.0 Å². The highest BCUT2D eigenvalue weighted by atomic mass is 35.5. The van der Waals surface area contributed by atoms with Gasteiger partial charge in [0.25, 0.3) is 0 Å². The maximum absolute atomic E-state index is 8.87. The van der Waals surface area contributed by atoms with Crippen LogP contribution in [0.5, 0.6) is 0 Å². The minimum Gasteiger partial charge on any atom is -0.396 e. The molecule has 0 aliphatic carbocycles. The summed E-state index contributed by atoms with van der Waals surface area (Å²) in [6.07, 6.45) is 1.65. The highest BCUT2D eigenvalue weighted by molar-refractivity contribution is 6.36. The summed E-state index contributed by atoms with van der Waals surface area (Å²) in [6, 6.07) is 13.7. The summed E-state index contributed by atoms with van der Waals surface area (Å²) in [5, 5.41) is 13.5. The van der Waals surface area contributed by atoms with Crippen LogP contribution in [0.15, 0.2) is 42.5 Å². The van der Waals surface area contributed by atoms with Gasteiger partial charge in [-0.25, -0.2) is 0 Å². The number of halogens is 2. The molecule has 2 aromatic rings. The van der Waals surface area contributed by atoms with Crippen LogP contribution >= 0.6 is 23.2 Å². The maximum Gasteiger partial charge on any atom is 0.0470 e. The number of rotatable bonds is 6. The van der Waals surface area contributed by atoms with Gasteiger partial charge in [0.15, 0.2) is 0 Å². The standard InChI is InChI=1S/C16H17Cl2NO/c17-15-7-2-8-16(18)14(15)11-19-13-6-1-4-12(10-13)5-3-9-20/h1-2,4,6-8,10,19-20H,3,5,9,11H2. The molecule has 4 heteroatoms. The Morgan fingerprint density at radius 1 is 1.00 bits per heavy atom. The van der Waals surface area contributed by atoms with Gasteiger partial charge in [0.2, 0.25) is 0 Å². The van der Waals surface area contributed by atoms with Crippen molar-refractivity contribution < 1.29 is 5.11 Å². The lowest BCUT2D eigenvalue weighted by Gasteiger charge is -2.11. The van der Waals surface area contributed by atoms with Gasteiger partial charge in [0.1, 0.15) is 0 Å². The van der Waals surface area contributed by atoms with Crippen molar-refractivity contribution >= 4 is 28.9 Å². The van der Waals surface area contributed by atoms with Crippen molar-refractivity contribution in [3.05, 3.63) is 63.6 Å². The van der Waals surface area contributed by atoms with E-state index in [0.717, 1.165) is 24.1 Å². The van der Waals surface area contributed by atoms with Gasteiger partial charge in [-0.1, -0.05) is 41.4 Å². The largest absolute Gasteiger partial charge is 0.396 e. The van der Waals surface area contributed by atoms with E-state index >= 15 is 0 Å². The Kier molecular flexibility index (Phi) is 5.72. The molecule has 0 atom stereocenters. The van der Waals surface area contributed by atoms with Crippen molar-refractivity contribution in [3.63, 3.8) is 0 Å². The molecule has 0 radical (unpaired) electrons. The van der Waals surface area contributed by atoms with Gasteiger partial charge >= 0.3 is 0 Å². The van der Waals surface area contributed by atoms with Gasteiger partial charge < -0.3 is 10.4 Å². The van der Waals surface area contributed by atoms with Crippen LogP contribution < -0.4 is 5.32 Å². The average Bonchev–Trinajstić information content (AvgIpc) is 2.45. The number of hydrogen-bond donors (Lipinski definition) is 2. The van der Waals surface area contributed by atoms with Crippen LogP contribution in [0.4, 0.5) is 5.69 Å². The third-order valence-electron chi connectivity index (χ3n) is 3.08. The molecule has 0 saturated heterocycles. The zero-order valence-corrected chi connectivity index (χ0v) is 12.6. The third-order valence-corrected chi connectivity index (χ3v) is 3.79. The maximum atomic E-state index is 8.87. The molecule has 0 aliphatic rings. The Labute approximate surface area is 129 Å². The second kappa shape index (κ2) is 7.53. The van der Waals surface area contributed by atoms with E-state index in [1.165, 1.54) is 5.56 Å². The Morgan fingerprint density at radius 2 is 1.70 bits per heavy atom. The van der Waals surface area contributed by atoms with Crippen LogP contribution in [-0.4, -0.2) is 11.7 Å². The van der Waals surface area contributed by atoms with Crippen molar-refractivity contribution in [1.29, 1.82) is 0 Å². The average molecular weight is 310 g/mol. The number of aliphatic hydroxyl groups excluding tert-OH is 1. The Balaban J connectivity index is 2.03. The summed E-state index contributed by atoms with van der Waals surface area (Å²) >= 11 is 12.3. The quantitative estimate of drug-likeness (QED) is 0.821. The number of hydrogen-bond acceptors (Lipinski definition) is 2. The minimum atomic E-state index is 0.215. The summed E-state index contributed by atoms with van der Waals surface area (Å²) in [7, 11) is 0. The lowest BCUT2D eigenvalue weighted by Crippen LogP contribution is -2.01. The highest BCUT2D eigenvalue weighted by Gasteiger charge is 2.05. The fraction of sp³-hybridized carbons (Fsp3) is 0.250. The molecular formula is C16H17Cl2NO. The molecular weight excluding hydrogens is 293 g/mol. The summed E-state index contributed by atoms with van der Waals surface area (Å²) in [6.45, 7) is 0.800. The number of aliphatic hydroxyl groups is 1. The molecule has 2 aromatic carbocycles. The van der Waals surface area contributed by atoms with Crippen LogP contribution in [0.25, 0.3) is 0 Å². The molecule has 0 aliphatic heterocycles. The molecule has 0 spiro atoms. The Hall–Kier alpha value is -1.22. The minimum absolute atomic E-state index is 0.215. The molecule has 0 aromatic heterocycles. The van der Waals surface area contributed by atoms with E-state index in [2.05, 4.69) is 17.4 Å². The third kappa shape index (κ3) is 4.14. The molecule has 0 amide bonds. The van der Waals surface area contributed by atoms with Crippen molar-refractivity contribution in [2.24, 2.45) is 0 Å². The van der Waals surface area contributed by atoms with Gasteiger partial charge in [-0.15, -0.1) is 0 Å². The number of benzene rings is 2. The predicted molar refractivity (Wildman–Crippen MR) is 85.6 cm³/mol. The van der Waals surface area contributed by atoms with Crippen LogP contribution in [0, 0.1) is 0 Å². The van der Waals surface area contributed by atoms with Crippen molar-refractivity contribution in [3.8, 4) is 0 Å². The van der Waals surface area contributed by atoms with E-state index in [4.69, 9.17) is 28.3 Å². The normalized spacial score (nSPS) is 10.6. The van der Waals surface area contributed by atoms with Gasteiger partial charge in [0, 0.05) is 34.4 Å². The molecule has 0 fully saturated rings. The van der Waals surface area contributed by atoms with Crippen molar-refractivity contribution in [2.45, 2.75) is 19.4 Å². The lowest BCUT2D eigenvalue weighted by atomic mass is 10.1. The monoisotopic (exact) mass is 309 g/mol. The van der Waals surface area contributed by atoms with Crippen molar-refractivity contribution in [1.82, 2.24) is 0 Å². The second-order valence-corrected chi connectivity index (χ2v) is 5.40. The van der Waals surface area contributed by atoms with E-state index in [-0.39, 0.29) is 6.61 Å². The summed E-state index contributed by atoms with van der Waals surface area (Å²) in [4.78, 5) is 0. The van der Waals surface area contributed by atoms with E-state index in [1.54, 1.807) is 0 Å². The molecule has 106 valence electrons. The van der Waals surface area contributed by atoms with Crippen LogP contribution in [0.1, 0.15) is 17.5 Å². The molecule has 0 saturated carbocycles. The second-order valence-electron chi connectivity index (χ2n) is 4.58. The van der Waals surface area contributed by atoms with E-state index in [1.807, 2.05) is 30.3 Å². The SMILES string of the molecule is OCCCc1cccc(NCc2c(Cl)cccc2Cl)c1. The fourth-order valence-corrected chi connectivity index (χ4v) is 2.54. The van der Waals surface area contributed by atoms with Gasteiger partial charge in [-0.05, 0) is 42.7 Å².